The Morgan fingerprint density at radius 2 is 1.88 bits per heavy atom. The zero-order valence-electron chi connectivity index (χ0n) is 14.2. The first-order valence-corrected chi connectivity index (χ1v) is 8.40. The molecule has 1 aromatic heterocycles. The summed E-state index contributed by atoms with van der Waals surface area (Å²) in [6, 6.07) is 20.4. The number of carbonyl (C=O) groups excluding carboxylic acids is 1. The molecule has 1 atom stereocenters. The number of hydrogen-bond donors (Lipinski definition) is 0. The second-order valence-electron chi connectivity index (χ2n) is 5.91. The van der Waals surface area contributed by atoms with Gasteiger partial charge in [-0.15, -0.1) is 0 Å². The van der Waals surface area contributed by atoms with Crippen LogP contribution in [-0.2, 0) is 16.1 Å². The standard InChI is InChI=1S/C21H20N2O2/c1-2-25-21(24)12-17(13-22)19-15-23(14-16-8-4-3-5-9-16)20-11-7-6-10-18(19)20/h3-11,15,17H,2,12,14H2,1H3. The SMILES string of the molecule is CCOC(=O)CC(C#N)c1cn(Cc2ccccc2)c2ccccc12. The highest BCUT2D eigenvalue weighted by Gasteiger charge is 2.21. The van der Waals surface area contributed by atoms with Crippen LogP contribution in [0.4, 0.5) is 0 Å². The lowest BCUT2D eigenvalue weighted by Crippen LogP contribution is -2.09. The molecule has 1 heterocycles. The summed E-state index contributed by atoms with van der Waals surface area (Å²) >= 11 is 0. The zero-order chi connectivity index (χ0) is 17.6. The van der Waals surface area contributed by atoms with E-state index >= 15 is 0 Å². The molecule has 0 N–H and O–H groups in total. The van der Waals surface area contributed by atoms with E-state index < -0.39 is 5.92 Å². The van der Waals surface area contributed by atoms with E-state index in [9.17, 15) is 10.1 Å². The molecule has 0 saturated heterocycles. The average molecular weight is 332 g/mol. The van der Waals surface area contributed by atoms with Gasteiger partial charge in [0.15, 0.2) is 0 Å². The Bertz CT molecular complexity index is 907. The van der Waals surface area contributed by atoms with Crippen molar-refractivity contribution in [1.82, 2.24) is 4.57 Å². The van der Waals surface area contributed by atoms with Crippen molar-refractivity contribution in [3.8, 4) is 6.07 Å². The maximum atomic E-state index is 11.8. The van der Waals surface area contributed by atoms with Gasteiger partial charge in [-0.1, -0.05) is 48.5 Å². The number of benzene rings is 2. The Balaban J connectivity index is 1.98. The number of rotatable bonds is 6. The molecule has 4 heteroatoms. The van der Waals surface area contributed by atoms with Crippen molar-refractivity contribution in [2.45, 2.75) is 25.8 Å². The van der Waals surface area contributed by atoms with Gasteiger partial charge in [0, 0.05) is 23.6 Å². The molecule has 2 aromatic carbocycles. The van der Waals surface area contributed by atoms with Crippen LogP contribution in [0.15, 0.2) is 60.8 Å². The molecule has 0 aliphatic heterocycles. The molecule has 0 spiro atoms. The predicted octanol–water partition coefficient (Wildman–Crippen LogP) is 4.25. The zero-order valence-corrected chi connectivity index (χ0v) is 14.2. The molecule has 25 heavy (non-hydrogen) atoms. The maximum Gasteiger partial charge on any atom is 0.307 e. The summed E-state index contributed by atoms with van der Waals surface area (Å²) in [7, 11) is 0. The Morgan fingerprint density at radius 3 is 2.60 bits per heavy atom. The maximum absolute atomic E-state index is 11.8. The van der Waals surface area contributed by atoms with Gasteiger partial charge >= 0.3 is 5.97 Å². The largest absolute Gasteiger partial charge is 0.466 e. The third-order valence-electron chi connectivity index (χ3n) is 4.22. The molecule has 126 valence electrons. The molecule has 0 fully saturated rings. The van der Waals surface area contributed by atoms with Gasteiger partial charge in [-0.25, -0.2) is 0 Å². The van der Waals surface area contributed by atoms with Crippen LogP contribution in [0.1, 0.15) is 30.4 Å². The lowest BCUT2D eigenvalue weighted by Gasteiger charge is -2.07. The molecule has 0 saturated carbocycles. The highest BCUT2D eigenvalue weighted by atomic mass is 16.5. The lowest BCUT2D eigenvalue weighted by atomic mass is 9.97. The summed E-state index contributed by atoms with van der Waals surface area (Å²) in [5.41, 5.74) is 3.13. The fraction of sp³-hybridized carbons (Fsp3) is 0.238. The lowest BCUT2D eigenvalue weighted by molar-refractivity contribution is -0.143. The quantitative estimate of drug-likeness (QED) is 0.634. The van der Waals surface area contributed by atoms with Crippen LogP contribution in [0, 0.1) is 11.3 Å². The third-order valence-corrected chi connectivity index (χ3v) is 4.22. The number of carbonyl (C=O) groups is 1. The normalized spacial score (nSPS) is 11.8. The van der Waals surface area contributed by atoms with Crippen molar-refractivity contribution >= 4 is 16.9 Å². The molecular weight excluding hydrogens is 312 g/mol. The van der Waals surface area contributed by atoms with Crippen molar-refractivity contribution in [3.05, 3.63) is 71.9 Å². The van der Waals surface area contributed by atoms with Gasteiger partial charge in [-0.05, 0) is 24.1 Å². The van der Waals surface area contributed by atoms with Crippen LogP contribution in [0.5, 0.6) is 0 Å². The molecule has 3 aromatic rings. The molecule has 0 radical (unpaired) electrons. The molecule has 3 rings (SSSR count). The van der Waals surface area contributed by atoms with E-state index in [4.69, 9.17) is 4.74 Å². The molecule has 4 nitrogen and oxygen atoms in total. The number of nitriles is 1. The van der Waals surface area contributed by atoms with Gasteiger partial charge < -0.3 is 9.30 Å². The first-order chi connectivity index (χ1) is 12.2. The molecule has 0 bridgehead atoms. The molecular formula is C21H20N2O2. The van der Waals surface area contributed by atoms with E-state index in [2.05, 4.69) is 22.8 Å². The minimum absolute atomic E-state index is 0.0731. The number of nitrogens with zero attached hydrogens (tertiary/aromatic N) is 2. The summed E-state index contributed by atoms with van der Waals surface area (Å²) in [4.78, 5) is 11.8. The predicted molar refractivity (Wildman–Crippen MR) is 97.1 cm³/mol. The smallest absolute Gasteiger partial charge is 0.307 e. The number of hydrogen-bond acceptors (Lipinski definition) is 3. The summed E-state index contributed by atoms with van der Waals surface area (Å²) < 4.78 is 7.15. The fourth-order valence-corrected chi connectivity index (χ4v) is 3.08. The molecule has 0 aliphatic carbocycles. The van der Waals surface area contributed by atoms with E-state index in [0.29, 0.717) is 6.61 Å². The summed E-state index contributed by atoms with van der Waals surface area (Å²) in [5, 5.41) is 10.6. The average Bonchev–Trinajstić information content (AvgIpc) is 2.99. The number of fused-ring (bicyclic) bond motifs is 1. The van der Waals surface area contributed by atoms with E-state index in [1.54, 1.807) is 6.92 Å². The molecule has 1 unspecified atom stereocenters. The van der Waals surface area contributed by atoms with Gasteiger partial charge in [0.25, 0.3) is 0 Å². The van der Waals surface area contributed by atoms with Crippen LogP contribution in [0.3, 0.4) is 0 Å². The van der Waals surface area contributed by atoms with Gasteiger partial charge in [0.2, 0.25) is 0 Å². The van der Waals surface area contributed by atoms with E-state index in [0.717, 1.165) is 23.0 Å². The number of aromatic nitrogens is 1. The van der Waals surface area contributed by atoms with E-state index in [-0.39, 0.29) is 12.4 Å². The Hall–Kier alpha value is -3.06. The second kappa shape index (κ2) is 7.67. The third kappa shape index (κ3) is 3.72. The molecule has 0 aliphatic rings. The number of esters is 1. The van der Waals surface area contributed by atoms with Crippen LogP contribution in [0.25, 0.3) is 10.9 Å². The van der Waals surface area contributed by atoms with Crippen molar-refractivity contribution in [2.75, 3.05) is 6.61 Å². The van der Waals surface area contributed by atoms with Crippen LogP contribution >= 0.6 is 0 Å². The van der Waals surface area contributed by atoms with Crippen LogP contribution < -0.4 is 0 Å². The van der Waals surface area contributed by atoms with Gasteiger partial charge in [-0.2, -0.15) is 5.26 Å². The number of para-hydroxylation sites is 1. The summed E-state index contributed by atoms with van der Waals surface area (Å²) in [6.45, 7) is 2.82. The highest BCUT2D eigenvalue weighted by molar-refractivity contribution is 5.86. The Kier molecular flexibility index (Phi) is 5.15. The topological polar surface area (TPSA) is 55.0 Å². The van der Waals surface area contributed by atoms with Crippen molar-refractivity contribution in [3.63, 3.8) is 0 Å². The Morgan fingerprint density at radius 1 is 1.16 bits per heavy atom. The van der Waals surface area contributed by atoms with Crippen molar-refractivity contribution in [1.29, 1.82) is 5.26 Å². The van der Waals surface area contributed by atoms with E-state index in [1.807, 2.05) is 48.7 Å². The number of ether oxygens (including phenoxy) is 1. The van der Waals surface area contributed by atoms with Gasteiger partial charge in [0.05, 0.1) is 25.0 Å². The second-order valence-corrected chi connectivity index (χ2v) is 5.91. The summed E-state index contributed by atoms with van der Waals surface area (Å²) in [5.74, 6) is -0.852. The van der Waals surface area contributed by atoms with E-state index in [1.165, 1.54) is 5.56 Å². The first-order valence-electron chi connectivity index (χ1n) is 8.40. The monoisotopic (exact) mass is 332 g/mol. The van der Waals surface area contributed by atoms with Crippen LogP contribution in [-0.4, -0.2) is 17.1 Å². The first kappa shape index (κ1) is 16.8. The summed E-state index contributed by atoms with van der Waals surface area (Å²) in [6.07, 6.45) is 2.06. The minimum Gasteiger partial charge on any atom is -0.466 e. The van der Waals surface area contributed by atoms with Crippen molar-refractivity contribution < 1.29 is 9.53 Å². The highest BCUT2D eigenvalue weighted by Crippen LogP contribution is 2.30. The van der Waals surface area contributed by atoms with Crippen molar-refractivity contribution in [2.24, 2.45) is 0 Å². The van der Waals surface area contributed by atoms with Gasteiger partial charge in [0.1, 0.15) is 0 Å². The van der Waals surface area contributed by atoms with Crippen LogP contribution in [0.2, 0.25) is 0 Å². The van der Waals surface area contributed by atoms with Gasteiger partial charge in [-0.3, -0.25) is 4.79 Å². The fourth-order valence-electron chi connectivity index (χ4n) is 3.08. The Labute approximate surface area is 147 Å². The molecule has 0 amide bonds. The minimum atomic E-state index is -0.513.